The van der Waals surface area contributed by atoms with Crippen molar-refractivity contribution in [3.63, 3.8) is 0 Å². The Kier molecular flexibility index (Phi) is 5.21. The number of anilines is 1. The number of nitrogens with two attached hydrogens (primary N) is 2. The lowest BCUT2D eigenvalue weighted by molar-refractivity contribution is -0.129. The van der Waals surface area contributed by atoms with Crippen LogP contribution in [0.4, 0.5) is 14.5 Å². The Morgan fingerprint density at radius 2 is 2.09 bits per heavy atom. The van der Waals surface area contributed by atoms with Crippen molar-refractivity contribution >= 4 is 46.0 Å². The zero-order chi connectivity index (χ0) is 23.4. The molecule has 2 aliphatic rings. The normalized spacial score (nSPS) is 20.2. The zero-order valence-electron chi connectivity index (χ0n) is 17.1. The van der Waals surface area contributed by atoms with Gasteiger partial charge in [0.25, 0.3) is 5.91 Å². The van der Waals surface area contributed by atoms with E-state index in [0.717, 1.165) is 11.3 Å². The number of imidazole rings is 1. The number of thiophene rings is 1. The number of H-pyrrole nitrogens is 1. The number of aromatic nitrogens is 2. The van der Waals surface area contributed by atoms with Crippen LogP contribution in [0.2, 0.25) is 5.02 Å². The third-order valence-corrected chi connectivity index (χ3v) is 7.50. The van der Waals surface area contributed by atoms with Crippen LogP contribution in [0.15, 0.2) is 30.5 Å². The topological polar surface area (TPSA) is 118 Å². The second-order valence-electron chi connectivity index (χ2n) is 8.03. The fourth-order valence-corrected chi connectivity index (χ4v) is 5.60. The summed E-state index contributed by atoms with van der Waals surface area (Å²) in [6, 6.07) is 3.69. The number of hydrogen-bond acceptors (Lipinski definition) is 5. The summed E-state index contributed by atoms with van der Waals surface area (Å²) in [5.41, 5.74) is 12.6. The minimum atomic E-state index is -0.833. The van der Waals surface area contributed by atoms with E-state index >= 15 is 0 Å². The minimum absolute atomic E-state index is 0.0492. The van der Waals surface area contributed by atoms with Crippen LogP contribution in [0, 0.1) is 11.6 Å². The van der Waals surface area contributed by atoms with E-state index < -0.39 is 17.5 Å². The van der Waals surface area contributed by atoms with Crippen molar-refractivity contribution < 1.29 is 18.4 Å². The Labute approximate surface area is 196 Å². The third-order valence-electron chi connectivity index (χ3n) is 6.05. The van der Waals surface area contributed by atoms with Gasteiger partial charge < -0.3 is 21.4 Å². The van der Waals surface area contributed by atoms with Crippen LogP contribution in [0.25, 0.3) is 16.1 Å². The fourth-order valence-electron chi connectivity index (χ4n) is 4.59. The van der Waals surface area contributed by atoms with Gasteiger partial charge in [0.1, 0.15) is 16.5 Å². The molecule has 5 N–H and O–H groups in total. The molecule has 0 bridgehead atoms. The molecule has 0 saturated carbocycles. The van der Waals surface area contributed by atoms with Crippen molar-refractivity contribution in [1.82, 2.24) is 14.9 Å². The number of nitrogens with one attached hydrogen (secondary N) is 1. The molecule has 4 heterocycles. The smallest absolute Gasteiger partial charge is 0.261 e. The Balaban J connectivity index is 1.43. The number of primary amides is 1. The van der Waals surface area contributed by atoms with Crippen LogP contribution in [0.3, 0.4) is 0 Å². The van der Waals surface area contributed by atoms with Crippen LogP contribution < -0.4 is 11.5 Å². The number of nitrogen functional groups attached to an aromatic ring is 1. The Hall–Kier alpha value is -3.24. The number of hydrogen-bond donors (Lipinski definition) is 3. The van der Waals surface area contributed by atoms with Gasteiger partial charge in [-0.2, -0.15) is 0 Å². The summed E-state index contributed by atoms with van der Waals surface area (Å²) in [5, 5.41) is -0.0492. The molecule has 2 aliphatic heterocycles. The summed E-state index contributed by atoms with van der Waals surface area (Å²) in [6.07, 6.45) is 4.73. The summed E-state index contributed by atoms with van der Waals surface area (Å²) in [7, 11) is 0. The van der Waals surface area contributed by atoms with Gasteiger partial charge in [-0.3, -0.25) is 9.59 Å². The van der Waals surface area contributed by atoms with Gasteiger partial charge in [-0.1, -0.05) is 11.6 Å². The summed E-state index contributed by atoms with van der Waals surface area (Å²) in [4.78, 5) is 34.0. The van der Waals surface area contributed by atoms with Crippen molar-refractivity contribution in [2.24, 2.45) is 5.73 Å². The molecule has 2 amide bonds. The van der Waals surface area contributed by atoms with Crippen molar-refractivity contribution in [1.29, 1.82) is 0 Å². The number of aromatic amines is 1. The van der Waals surface area contributed by atoms with E-state index in [-0.39, 0.29) is 39.1 Å². The van der Waals surface area contributed by atoms with E-state index in [4.69, 9.17) is 23.1 Å². The van der Waals surface area contributed by atoms with Gasteiger partial charge in [0.15, 0.2) is 5.82 Å². The van der Waals surface area contributed by atoms with Gasteiger partial charge >= 0.3 is 0 Å². The summed E-state index contributed by atoms with van der Waals surface area (Å²) < 4.78 is 28.6. The van der Waals surface area contributed by atoms with Crippen LogP contribution in [0.1, 0.15) is 46.4 Å². The van der Waals surface area contributed by atoms with Gasteiger partial charge in [0.2, 0.25) is 5.91 Å². The van der Waals surface area contributed by atoms with E-state index in [0.29, 0.717) is 41.2 Å². The molecular weight excluding hydrogens is 472 g/mol. The number of halogens is 3. The highest BCUT2D eigenvalue weighted by molar-refractivity contribution is 7.17. The Morgan fingerprint density at radius 1 is 1.30 bits per heavy atom. The van der Waals surface area contributed by atoms with Crippen LogP contribution >= 0.6 is 22.9 Å². The van der Waals surface area contributed by atoms with Crippen molar-refractivity contribution in [3.05, 3.63) is 63.4 Å². The molecule has 0 radical (unpaired) electrons. The monoisotopic (exact) mass is 489 g/mol. The first kappa shape index (κ1) is 21.6. The Bertz CT molecular complexity index is 1330. The third kappa shape index (κ3) is 3.59. The summed E-state index contributed by atoms with van der Waals surface area (Å²) >= 11 is 6.86. The molecule has 0 spiro atoms. The first-order chi connectivity index (χ1) is 15.7. The molecule has 1 aromatic carbocycles. The highest BCUT2D eigenvalue weighted by atomic mass is 35.5. The SMILES string of the molecule is NC(=O)c1sc(-c2cnc([C@@H]3CCC4CC(c5c(N)ccc(Cl)c5F)=CC(=O)N43)[nH]2)cc1F. The highest BCUT2D eigenvalue weighted by Crippen LogP contribution is 2.44. The highest BCUT2D eigenvalue weighted by Gasteiger charge is 2.42. The molecule has 2 aromatic heterocycles. The van der Waals surface area contributed by atoms with E-state index in [1.807, 2.05) is 0 Å². The fraction of sp³-hybridized carbons (Fsp3) is 0.227. The maximum absolute atomic E-state index is 14.7. The number of carbonyl (C=O) groups is 2. The van der Waals surface area contributed by atoms with Gasteiger partial charge in [0.05, 0.1) is 27.8 Å². The molecule has 1 unspecified atom stereocenters. The van der Waals surface area contributed by atoms with Crippen LogP contribution in [0.5, 0.6) is 0 Å². The lowest BCUT2D eigenvalue weighted by atomic mass is 9.92. The second kappa shape index (κ2) is 7.96. The molecule has 11 heteroatoms. The van der Waals surface area contributed by atoms with Gasteiger partial charge in [-0.25, -0.2) is 13.8 Å². The van der Waals surface area contributed by atoms with Crippen LogP contribution in [-0.4, -0.2) is 32.7 Å². The number of amides is 2. The predicted molar refractivity (Wildman–Crippen MR) is 121 cm³/mol. The van der Waals surface area contributed by atoms with E-state index in [1.54, 1.807) is 4.90 Å². The molecule has 170 valence electrons. The van der Waals surface area contributed by atoms with E-state index in [2.05, 4.69) is 9.97 Å². The maximum atomic E-state index is 14.7. The number of benzene rings is 1. The van der Waals surface area contributed by atoms with Gasteiger partial charge in [-0.15, -0.1) is 11.3 Å². The Morgan fingerprint density at radius 3 is 2.82 bits per heavy atom. The predicted octanol–water partition coefficient (Wildman–Crippen LogP) is 4.27. The molecule has 33 heavy (non-hydrogen) atoms. The molecule has 7 nitrogen and oxygen atoms in total. The number of nitrogens with zero attached hydrogens (tertiary/aromatic N) is 2. The summed E-state index contributed by atoms with van der Waals surface area (Å²) in [6.45, 7) is 0. The van der Waals surface area contributed by atoms with Crippen molar-refractivity contribution in [2.45, 2.75) is 31.3 Å². The molecule has 3 aromatic rings. The zero-order valence-corrected chi connectivity index (χ0v) is 18.6. The minimum Gasteiger partial charge on any atom is -0.398 e. The lowest BCUT2D eigenvalue weighted by Gasteiger charge is -2.33. The lowest BCUT2D eigenvalue weighted by Crippen LogP contribution is -2.39. The first-order valence-corrected chi connectivity index (χ1v) is 11.3. The molecule has 1 fully saturated rings. The number of carbonyl (C=O) groups excluding carboxylic acids is 2. The van der Waals surface area contributed by atoms with E-state index in [9.17, 15) is 18.4 Å². The average Bonchev–Trinajstić information content (AvgIpc) is 3.48. The van der Waals surface area contributed by atoms with Gasteiger partial charge in [-0.05, 0) is 43.0 Å². The van der Waals surface area contributed by atoms with E-state index in [1.165, 1.54) is 30.5 Å². The molecule has 1 saturated heterocycles. The molecular formula is C22H18ClF2N5O2S. The molecule has 2 atom stereocenters. The molecule has 0 aliphatic carbocycles. The number of fused-ring (bicyclic) bond motifs is 1. The largest absolute Gasteiger partial charge is 0.398 e. The maximum Gasteiger partial charge on any atom is 0.261 e. The standard InChI is InChI=1S/C22H18ClF2N5O2S/c23-11-2-3-13(26)18(19(11)25)9-5-10-1-4-15(30(10)17(31)6-9)22-28-8-14(29-22)16-7-12(24)20(33-16)21(27)32/h2-3,6-8,10,15H,1,4-5,26H2,(H2,27,32)(H,28,29)/t10?,15-/m0/s1. The van der Waals surface area contributed by atoms with Crippen molar-refractivity contribution in [2.75, 3.05) is 5.73 Å². The summed E-state index contributed by atoms with van der Waals surface area (Å²) in [5.74, 6) is -1.86. The average molecular weight is 490 g/mol. The number of rotatable bonds is 4. The van der Waals surface area contributed by atoms with Crippen molar-refractivity contribution in [3.8, 4) is 10.6 Å². The quantitative estimate of drug-likeness (QED) is 0.474. The van der Waals surface area contributed by atoms with Crippen LogP contribution in [-0.2, 0) is 4.79 Å². The first-order valence-electron chi connectivity index (χ1n) is 10.2. The van der Waals surface area contributed by atoms with Gasteiger partial charge in [0, 0.05) is 23.4 Å². The molecule has 5 rings (SSSR count). The second-order valence-corrected chi connectivity index (χ2v) is 9.49.